The predicted octanol–water partition coefficient (Wildman–Crippen LogP) is 1.17. The summed E-state index contributed by atoms with van der Waals surface area (Å²) in [6.45, 7) is 0.700. The lowest BCUT2D eigenvalue weighted by Crippen LogP contribution is -2.10. The van der Waals surface area contributed by atoms with Crippen LogP contribution >= 0.6 is 15.9 Å². The van der Waals surface area contributed by atoms with E-state index in [1.807, 2.05) is 0 Å². The van der Waals surface area contributed by atoms with Gasteiger partial charge in [-0.25, -0.2) is 0 Å². The van der Waals surface area contributed by atoms with E-state index in [-0.39, 0.29) is 11.4 Å². The van der Waals surface area contributed by atoms with Crippen LogP contribution in [0.3, 0.4) is 0 Å². The van der Waals surface area contributed by atoms with Gasteiger partial charge in [-0.15, -0.1) is 0 Å². The molecule has 1 unspecified atom stereocenters. The monoisotopic (exact) mass is 200 g/mol. The topological polar surface area (TPSA) is 29.6 Å². The van der Waals surface area contributed by atoms with Crippen LogP contribution in [0.1, 0.15) is 0 Å². The molecule has 0 N–H and O–H groups in total. The molecule has 1 atom stereocenters. The SMILES string of the molecule is O=C1C=CC2(C=C1Br)CO2. The highest BCUT2D eigenvalue weighted by atomic mass is 79.9. The third-order valence-corrected chi connectivity index (χ3v) is 2.22. The van der Waals surface area contributed by atoms with Crippen LogP contribution < -0.4 is 0 Å². The summed E-state index contributed by atoms with van der Waals surface area (Å²) in [5.41, 5.74) is -0.229. The Morgan fingerprint density at radius 1 is 1.70 bits per heavy atom. The van der Waals surface area contributed by atoms with Crippen LogP contribution in [0.25, 0.3) is 0 Å². The number of epoxide rings is 1. The molecule has 2 rings (SSSR count). The third kappa shape index (κ3) is 0.859. The Bertz CT molecular complexity index is 248. The zero-order chi connectivity index (χ0) is 7.19. The van der Waals surface area contributed by atoms with Crippen molar-refractivity contribution in [2.75, 3.05) is 6.61 Å². The Kier molecular flexibility index (Phi) is 1.13. The Labute approximate surface area is 66.7 Å². The molecular weight excluding hydrogens is 196 g/mol. The van der Waals surface area contributed by atoms with Gasteiger partial charge in [-0.05, 0) is 34.2 Å². The highest BCUT2D eigenvalue weighted by Gasteiger charge is 2.42. The van der Waals surface area contributed by atoms with E-state index in [2.05, 4.69) is 15.9 Å². The standard InChI is InChI=1S/C7H5BrO2/c8-5-3-7(4-10-7)2-1-6(5)9/h1-3H,4H2. The van der Waals surface area contributed by atoms with Gasteiger partial charge >= 0.3 is 0 Å². The Morgan fingerprint density at radius 3 is 2.90 bits per heavy atom. The second kappa shape index (κ2) is 1.80. The van der Waals surface area contributed by atoms with Crippen molar-refractivity contribution in [1.29, 1.82) is 0 Å². The maximum Gasteiger partial charge on any atom is 0.192 e. The lowest BCUT2D eigenvalue weighted by molar-refractivity contribution is -0.110. The Morgan fingerprint density at radius 2 is 2.40 bits per heavy atom. The summed E-state index contributed by atoms with van der Waals surface area (Å²) in [6.07, 6.45) is 5.13. The normalized spacial score (nSPS) is 36.5. The molecule has 2 aliphatic rings. The average molecular weight is 201 g/mol. The molecule has 52 valence electrons. The zero-order valence-corrected chi connectivity index (χ0v) is 6.72. The highest BCUT2D eigenvalue weighted by molar-refractivity contribution is 9.12. The van der Waals surface area contributed by atoms with Crippen LogP contribution in [0, 0.1) is 0 Å². The van der Waals surface area contributed by atoms with Crippen molar-refractivity contribution in [3.8, 4) is 0 Å². The molecule has 10 heavy (non-hydrogen) atoms. The minimum absolute atomic E-state index is 0.0149. The molecule has 0 radical (unpaired) electrons. The van der Waals surface area contributed by atoms with E-state index in [0.29, 0.717) is 11.1 Å². The van der Waals surface area contributed by atoms with E-state index < -0.39 is 0 Å². The first-order valence-corrected chi connectivity index (χ1v) is 3.77. The number of carbonyl (C=O) groups excluding carboxylic acids is 1. The van der Waals surface area contributed by atoms with E-state index in [0.717, 1.165) is 0 Å². The molecule has 0 saturated carbocycles. The predicted molar refractivity (Wildman–Crippen MR) is 39.8 cm³/mol. The molecule has 0 aromatic heterocycles. The minimum atomic E-state index is -0.229. The minimum Gasteiger partial charge on any atom is -0.361 e. The fraction of sp³-hybridized carbons (Fsp3) is 0.286. The summed E-state index contributed by atoms with van der Waals surface area (Å²) in [5, 5.41) is 0. The number of halogens is 1. The first-order chi connectivity index (χ1) is 4.72. The van der Waals surface area contributed by atoms with Crippen molar-refractivity contribution in [3.63, 3.8) is 0 Å². The van der Waals surface area contributed by atoms with Crippen molar-refractivity contribution in [2.24, 2.45) is 0 Å². The van der Waals surface area contributed by atoms with Gasteiger partial charge < -0.3 is 4.74 Å². The van der Waals surface area contributed by atoms with Gasteiger partial charge in [0, 0.05) is 0 Å². The van der Waals surface area contributed by atoms with E-state index >= 15 is 0 Å². The molecule has 1 saturated heterocycles. The first kappa shape index (κ1) is 6.31. The number of allylic oxidation sites excluding steroid dienone is 2. The van der Waals surface area contributed by atoms with Gasteiger partial charge in [-0.2, -0.15) is 0 Å². The van der Waals surface area contributed by atoms with E-state index in [1.54, 1.807) is 12.2 Å². The second-order valence-corrected chi connectivity index (χ2v) is 3.29. The smallest absolute Gasteiger partial charge is 0.192 e. The van der Waals surface area contributed by atoms with Gasteiger partial charge in [0.15, 0.2) is 5.78 Å². The molecule has 1 aliphatic carbocycles. The van der Waals surface area contributed by atoms with Crippen molar-refractivity contribution in [2.45, 2.75) is 5.60 Å². The summed E-state index contributed by atoms with van der Waals surface area (Å²) in [5.74, 6) is 0.0149. The molecule has 0 amide bonds. The molecular formula is C7H5BrO2. The summed E-state index contributed by atoms with van der Waals surface area (Å²) < 4.78 is 5.71. The van der Waals surface area contributed by atoms with Gasteiger partial charge in [-0.1, -0.05) is 0 Å². The lowest BCUT2D eigenvalue weighted by Gasteiger charge is -2.04. The second-order valence-electron chi connectivity index (χ2n) is 2.43. The van der Waals surface area contributed by atoms with Crippen LogP contribution in [0.4, 0.5) is 0 Å². The molecule has 0 aromatic carbocycles. The number of hydrogen-bond donors (Lipinski definition) is 0. The fourth-order valence-electron chi connectivity index (χ4n) is 0.893. The fourth-order valence-corrected chi connectivity index (χ4v) is 1.41. The number of carbonyl (C=O) groups is 1. The Balaban J connectivity index is 2.34. The highest BCUT2D eigenvalue weighted by Crippen LogP contribution is 2.35. The van der Waals surface area contributed by atoms with E-state index in [1.165, 1.54) is 6.08 Å². The molecule has 1 fully saturated rings. The molecule has 1 spiro atoms. The first-order valence-electron chi connectivity index (χ1n) is 2.98. The molecule has 1 aliphatic heterocycles. The largest absolute Gasteiger partial charge is 0.361 e. The summed E-state index contributed by atoms with van der Waals surface area (Å²) in [6, 6.07) is 0. The molecule has 1 heterocycles. The van der Waals surface area contributed by atoms with Gasteiger partial charge in [0.25, 0.3) is 0 Å². The Hall–Kier alpha value is -0.410. The van der Waals surface area contributed by atoms with Crippen LogP contribution in [-0.2, 0) is 9.53 Å². The van der Waals surface area contributed by atoms with Crippen molar-refractivity contribution in [3.05, 3.63) is 22.7 Å². The number of ketones is 1. The summed E-state index contributed by atoms with van der Waals surface area (Å²) in [7, 11) is 0. The molecule has 0 aromatic rings. The summed E-state index contributed by atoms with van der Waals surface area (Å²) in [4.78, 5) is 10.9. The van der Waals surface area contributed by atoms with E-state index in [9.17, 15) is 4.79 Å². The van der Waals surface area contributed by atoms with Crippen molar-refractivity contribution >= 4 is 21.7 Å². The quantitative estimate of drug-likeness (QED) is 0.550. The molecule has 2 nitrogen and oxygen atoms in total. The van der Waals surface area contributed by atoms with Crippen LogP contribution in [0.15, 0.2) is 22.7 Å². The molecule has 0 bridgehead atoms. The van der Waals surface area contributed by atoms with Crippen LogP contribution in [-0.4, -0.2) is 18.0 Å². The number of hydrogen-bond acceptors (Lipinski definition) is 2. The van der Waals surface area contributed by atoms with Gasteiger partial charge in [0.05, 0.1) is 11.1 Å². The molecule has 3 heteroatoms. The lowest BCUT2D eigenvalue weighted by atomic mass is 10.0. The van der Waals surface area contributed by atoms with Crippen LogP contribution in [0.2, 0.25) is 0 Å². The van der Waals surface area contributed by atoms with Gasteiger partial charge in [-0.3, -0.25) is 4.79 Å². The zero-order valence-electron chi connectivity index (χ0n) is 5.13. The van der Waals surface area contributed by atoms with E-state index in [4.69, 9.17) is 4.74 Å². The van der Waals surface area contributed by atoms with Gasteiger partial charge in [0.2, 0.25) is 0 Å². The maximum absolute atomic E-state index is 10.9. The van der Waals surface area contributed by atoms with Crippen LogP contribution in [0.5, 0.6) is 0 Å². The maximum atomic E-state index is 10.9. The third-order valence-electron chi connectivity index (χ3n) is 1.60. The number of ether oxygens (including phenoxy) is 1. The van der Waals surface area contributed by atoms with Gasteiger partial charge in [0.1, 0.15) is 5.60 Å². The average Bonchev–Trinajstić information content (AvgIpc) is 2.62. The van der Waals surface area contributed by atoms with Crippen molar-refractivity contribution in [1.82, 2.24) is 0 Å². The number of rotatable bonds is 0. The van der Waals surface area contributed by atoms with Crippen molar-refractivity contribution < 1.29 is 9.53 Å². The summed E-state index contributed by atoms with van der Waals surface area (Å²) >= 11 is 3.15.